The lowest BCUT2D eigenvalue weighted by molar-refractivity contribution is 0.0667. The third-order valence-electron chi connectivity index (χ3n) is 4.36. The number of hydrogen-bond acceptors (Lipinski definition) is 6. The fraction of sp³-hybridized carbons (Fsp3) is 0.294. The van der Waals surface area contributed by atoms with Crippen molar-refractivity contribution in [1.29, 1.82) is 0 Å². The van der Waals surface area contributed by atoms with Crippen LogP contribution in [-0.2, 0) is 13.0 Å². The van der Waals surface area contributed by atoms with Gasteiger partial charge in [-0.3, -0.25) is 4.90 Å². The van der Waals surface area contributed by atoms with Gasteiger partial charge in [0.05, 0.1) is 25.0 Å². The van der Waals surface area contributed by atoms with E-state index in [-0.39, 0.29) is 6.04 Å². The Kier molecular flexibility index (Phi) is 4.29. The number of furan rings is 1. The van der Waals surface area contributed by atoms with Crippen LogP contribution in [0.15, 0.2) is 39.5 Å². The van der Waals surface area contributed by atoms with Crippen molar-refractivity contribution in [2.24, 2.45) is 0 Å². The topological polar surface area (TPSA) is 75.5 Å². The van der Waals surface area contributed by atoms with Crippen LogP contribution < -0.4 is 0 Å². The van der Waals surface area contributed by atoms with E-state index in [1.165, 1.54) is 0 Å². The van der Waals surface area contributed by atoms with Gasteiger partial charge in [0, 0.05) is 16.5 Å². The van der Waals surface area contributed by atoms with Gasteiger partial charge in [-0.25, -0.2) is 0 Å². The Balaban J connectivity index is 1.57. The molecule has 2 aromatic heterocycles. The molecular weight excluding hydrogens is 365 g/mol. The molecule has 1 aliphatic carbocycles. The molecule has 1 N–H and O–H groups in total. The van der Waals surface area contributed by atoms with Crippen LogP contribution in [0, 0.1) is 0 Å². The van der Waals surface area contributed by atoms with Crippen molar-refractivity contribution in [3.63, 3.8) is 0 Å². The average Bonchev–Trinajstić information content (AvgIpc) is 3.25. The molecule has 2 unspecified atom stereocenters. The van der Waals surface area contributed by atoms with E-state index in [1.807, 2.05) is 18.0 Å². The van der Waals surface area contributed by atoms with Gasteiger partial charge in [0.1, 0.15) is 0 Å². The molecule has 0 aliphatic heterocycles. The summed E-state index contributed by atoms with van der Waals surface area (Å²) in [7, 11) is 1.88. The average molecular weight is 380 g/mol. The minimum atomic E-state index is -0.580. The Morgan fingerprint density at radius 1 is 1.36 bits per heavy atom. The van der Waals surface area contributed by atoms with Crippen LogP contribution in [0.2, 0.25) is 10.0 Å². The van der Waals surface area contributed by atoms with Gasteiger partial charge in [0.25, 0.3) is 0 Å². The van der Waals surface area contributed by atoms with E-state index in [0.717, 1.165) is 11.1 Å². The minimum absolute atomic E-state index is 0.245. The summed E-state index contributed by atoms with van der Waals surface area (Å²) in [6.45, 7) is 0.374. The van der Waals surface area contributed by atoms with Crippen molar-refractivity contribution in [3.8, 4) is 11.6 Å². The quantitative estimate of drug-likeness (QED) is 0.744. The van der Waals surface area contributed by atoms with Gasteiger partial charge in [-0.15, -0.1) is 0 Å². The molecule has 0 spiro atoms. The fourth-order valence-electron chi connectivity index (χ4n) is 3.30. The molecule has 1 aromatic carbocycles. The summed E-state index contributed by atoms with van der Waals surface area (Å²) in [6.07, 6.45) is 1.46. The number of aliphatic hydroxyl groups excluding tert-OH is 1. The first-order valence-electron chi connectivity index (χ1n) is 7.75. The molecule has 0 amide bonds. The number of aromatic nitrogens is 2. The minimum Gasteiger partial charge on any atom is -0.461 e. The summed E-state index contributed by atoms with van der Waals surface area (Å²) < 4.78 is 10.6. The van der Waals surface area contributed by atoms with Gasteiger partial charge in [-0.2, -0.15) is 4.98 Å². The fourth-order valence-corrected chi connectivity index (χ4v) is 3.88. The van der Waals surface area contributed by atoms with E-state index in [4.69, 9.17) is 32.1 Å². The first-order chi connectivity index (χ1) is 12.0. The number of hydrogen-bond donors (Lipinski definition) is 1. The number of halogens is 2. The van der Waals surface area contributed by atoms with Crippen LogP contribution >= 0.6 is 23.2 Å². The third kappa shape index (κ3) is 3.06. The van der Waals surface area contributed by atoms with Gasteiger partial charge in [0.2, 0.25) is 11.7 Å². The smallest absolute Gasteiger partial charge is 0.241 e. The predicted octanol–water partition coefficient (Wildman–Crippen LogP) is 3.73. The predicted molar refractivity (Wildman–Crippen MR) is 92.4 cm³/mol. The second-order valence-electron chi connectivity index (χ2n) is 6.08. The van der Waals surface area contributed by atoms with Crippen molar-refractivity contribution in [3.05, 3.63) is 57.6 Å². The molecule has 2 heterocycles. The molecule has 0 saturated carbocycles. The first-order valence-corrected chi connectivity index (χ1v) is 8.51. The van der Waals surface area contributed by atoms with Crippen LogP contribution in [0.5, 0.6) is 0 Å². The maximum Gasteiger partial charge on any atom is 0.241 e. The van der Waals surface area contributed by atoms with Crippen molar-refractivity contribution in [2.45, 2.75) is 25.1 Å². The highest BCUT2D eigenvalue weighted by Gasteiger charge is 2.36. The molecule has 4 rings (SSSR count). The first kappa shape index (κ1) is 16.6. The molecule has 1 aliphatic rings. The summed E-state index contributed by atoms with van der Waals surface area (Å²) in [5.74, 6) is 1.37. The lowest BCUT2D eigenvalue weighted by atomic mass is 10.1. The number of rotatable bonds is 4. The van der Waals surface area contributed by atoms with Crippen LogP contribution in [0.1, 0.15) is 23.1 Å². The van der Waals surface area contributed by atoms with E-state index in [0.29, 0.717) is 40.5 Å². The monoisotopic (exact) mass is 379 g/mol. The molecule has 0 saturated heterocycles. The molecule has 8 heteroatoms. The lowest BCUT2D eigenvalue weighted by Crippen LogP contribution is -2.30. The van der Waals surface area contributed by atoms with Crippen LogP contribution in [-0.4, -0.2) is 33.3 Å². The highest BCUT2D eigenvalue weighted by molar-refractivity contribution is 6.35. The van der Waals surface area contributed by atoms with Gasteiger partial charge >= 0.3 is 0 Å². The van der Waals surface area contributed by atoms with Gasteiger partial charge in [-0.1, -0.05) is 28.4 Å². The lowest BCUT2D eigenvalue weighted by Gasteiger charge is -2.26. The zero-order valence-electron chi connectivity index (χ0n) is 13.3. The zero-order valence-corrected chi connectivity index (χ0v) is 14.8. The van der Waals surface area contributed by atoms with Crippen molar-refractivity contribution >= 4 is 23.2 Å². The molecule has 3 aromatic rings. The van der Waals surface area contributed by atoms with Crippen LogP contribution in [0.25, 0.3) is 11.6 Å². The normalized spacial score (nSPS) is 19.6. The summed E-state index contributed by atoms with van der Waals surface area (Å²) in [5.41, 5.74) is 1.86. The third-order valence-corrected chi connectivity index (χ3v) is 4.92. The largest absolute Gasteiger partial charge is 0.461 e. The SMILES string of the molecule is CN(Cc1nc(-c2ccco2)no1)C1c2cc(Cl)cc(Cl)c2CC1O. The molecule has 0 radical (unpaired) electrons. The van der Waals surface area contributed by atoms with Crippen molar-refractivity contribution in [2.75, 3.05) is 7.05 Å². The van der Waals surface area contributed by atoms with E-state index in [1.54, 1.807) is 24.5 Å². The van der Waals surface area contributed by atoms with Gasteiger partial charge in [0.15, 0.2) is 5.76 Å². The second-order valence-corrected chi connectivity index (χ2v) is 6.92. The maximum atomic E-state index is 10.5. The Hall–Kier alpha value is -1.86. The summed E-state index contributed by atoms with van der Waals surface area (Å²) >= 11 is 12.4. The standard InChI is InChI=1S/C17H15Cl2N3O3/c1-22(8-15-20-17(21-25-15)14-3-2-4-24-14)16-11-5-9(18)6-12(19)10(11)7-13(16)23/h2-6,13,16,23H,7-8H2,1H3. The number of likely N-dealkylation sites (N-methyl/N-ethyl adjacent to an activating group) is 1. The maximum absolute atomic E-state index is 10.5. The number of fused-ring (bicyclic) bond motifs is 1. The Morgan fingerprint density at radius 3 is 2.96 bits per heavy atom. The molecule has 25 heavy (non-hydrogen) atoms. The Morgan fingerprint density at radius 2 is 2.20 bits per heavy atom. The van der Waals surface area contributed by atoms with E-state index >= 15 is 0 Å². The number of nitrogens with zero attached hydrogens (tertiary/aromatic N) is 3. The van der Waals surface area contributed by atoms with Gasteiger partial charge < -0.3 is 14.0 Å². The van der Waals surface area contributed by atoms with E-state index < -0.39 is 6.10 Å². The molecule has 2 atom stereocenters. The summed E-state index contributed by atoms with van der Waals surface area (Å²) in [5, 5.41) is 15.6. The molecule has 130 valence electrons. The Bertz CT molecular complexity index is 895. The summed E-state index contributed by atoms with van der Waals surface area (Å²) in [6, 6.07) is 6.83. The number of aliphatic hydroxyl groups is 1. The number of benzene rings is 1. The van der Waals surface area contributed by atoms with Crippen molar-refractivity contribution in [1.82, 2.24) is 15.0 Å². The van der Waals surface area contributed by atoms with E-state index in [9.17, 15) is 5.11 Å². The van der Waals surface area contributed by atoms with Crippen molar-refractivity contribution < 1.29 is 14.0 Å². The Labute approximate surface area is 154 Å². The van der Waals surface area contributed by atoms with Crippen LogP contribution in [0.4, 0.5) is 0 Å². The highest BCUT2D eigenvalue weighted by atomic mass is 35.5. The van der Waals surface area contributed by atoms with E-state index in [2.05, 4.69) is 10.1 Å². The summed E-state index contributed by atoms with van der Waals surface area (Å²) in [4.78, 5) is 6.28. The molecular formula is C17H15Cl2N3O3. The molecule has 0 fully saturated rings. The molecule has 0 bridgehead atoms. The molecule has 6 nitrogen and oxygen atoms in total. The van der Waals surface area contributed by atoms with Crippen LogP contribution in [0.3, 0.4) is 0 Å². The highest BCUT2D eigenvalue weighted by Crippen LogP contribution is 2.41. The second kappa shape index (κ2) is 6.46. The van der Waals surface area contributed by atoms with Gasteiger partial charge in [-0.05, 0) is 42.4 Å². The zero-order chi connectivity index (χ0) is 17.6.